The number of nitrogens with one attached hydrogen (secondary N) is 1. The number of benzene rings is 1. The highest BCUT2D eigenvalue weighted by Crippen LogP contribution is 2.18. The van der Waals surface area contributed by atoms with Gasteiger partial charge >= 0.3 is 0 Å². The molecule has 1 N–H and O–H groups in total. The van der Waals surface area contributed by atoms with Gasteiger partial charge in [0.15, 0.2) is 0 Å². The van der Waals surface area contributed by atoms with Crippen molar-refractivity contribution < 1.29 is 4.42 Å². The number of rotatable bonds is 4. The molecule has 20 heavy (non-hydrogen) atoms. The number of aryl methyl sites for hydroxylation is 2. The van der Waals surface area contributed by atoms with Crippen molar-refractivity contribution in [2.45, 2.75) is 13.5 Å². The van der Waals surface area contributed by atoms with Crippen molar-refractivity contribution in [3.8, 4) is 11.5 Å². The van der Waals surface area contributed by atoms with E-state index in [1.165, 1.54) is 0 Å². The van der Waals surface area contributed by atoms with Gasteiger partial charge in [-0.25, -0.2) is 0 Å². The van der Waals surface area contributed by atoms with Crippen LogP contribution in [0.15, 0.2) is 40.9 Å². The van der Waals surface area contributed by atoms with E-state index < -0.39 is 0 Å². The zero-order valence-electron chi connectivity index (χ0n) is 11.4. The van der Waals surface area contributed by atoms with Crippen LogP contribution >= 0.6 is 0 Å². The van der Waals surface area contributed by atoms with E-state index in [4.69, 9.17) is 4.42 Å². The molecule has 6 heteroatoms. The molecule has 2 aromatic heterocycles. The van der Waals surface area contributed by atoms with Crippen LogP contribution in [0.3, 0.4) is 0 Å². The maximum atomic E-state index is 5.63. The average Bonchev–Trinajstić information content (AvgIpc) is 3.04. The number of hydrogen-bond acceptors (Lipinski definition) is 5. The minimum atomic E-state index is 0.479. The predicted molar refractivity (Wildman–Crippen MR) is 75.0 cm³/mol. The van der Waals surface area contributed by atoms with Gasteiger partial charge in [0.05, 0.1) is 17.9 Å². The van der Waals surface area contributed by atoms with E-state index in [9.17, 15) is 0 Å². The minimum absolute atomic E-state index is 0.479. The molecule has 0 aliphatic carbocycles. The van der Waals surface area contributed by atoms with Crippen molar-refractivity contribution >= 4 is 5.69 Å². The fourth-order valence-electron chi connectivity index (χ4n) is 1.97. The van der Waals surface area contributed by atoms with E-state index >= 15 is 0 Å². The van der Waals surface area contributed by atoms with Gasteiger partial charge in [0.25, 0.3) is 0 Å². The topological polar surface area (TPSA) is 68.8 Å². The second kappa shape index (κ2) is 5.16. The first-order valence-corrected chi connectivity index (χ1v) is 6.34. The van der Waals surface area contributed by atoms with Crippen LogP contribution in [0.5, 0.6) is 0 Å². The third-order valence-electron chi connectivity index (χ3n) is 2.93. The fraction of sp³-hybridized carbons (Fsp3) is 0.214. The standard InChI is InChI=1S/C14H15N5O/c1-10-12(9-19(2)18-10)15-8-13-16-17-14(20-13)11-6-4-3-5-7-11/h3-7,9,15H,8H2,1-2H3. The molecule has 0 aliphatic rings. The van der Waals surface area contributed by atoms with E-state index in [1.807, 2.05) is 50.5 Å². The number of anilines is 1. The van der Waals surface area contributed by atoms with Gasteiger partial charge in [-0.1, -0.05) is 18.2 Å². The summed E-state index contributed by atoms with van der Waals surface area (Å²) in [6, 6.07) is 9.71. The van der Waals surface area contributed by atoms with Crippen molar-refractivity contribution in [2.24, 2.45) is 7.05 Å². The van der Waals surface area contributed by atoms with Crippen LogP contribution in [0.2, 0.25) is 0 Å². The number of nitrogens with zero attached hydrogens (tertiary/aromatic N) is 4. The molecule has 0 saturated heterocycles. The average molecular weight is 269 g/mol. The summed E-state index contributed by atoms with van der Waals surface area (Å²) in [6.45, 7) is 2.43. The van der Waals surface area contributed by atoms with Crippen LogP contribution in [0.4, 0.5) is 5.69 Å². The molecule has 2 heterocycles. The van der Waals surface area contributed by atoms with Crippen molar-refractivity contribution in [1.82, 2.24) is 20.0 Å². The smallest absolute Gasteiger partial charge is 0.247 e. The van der Waals surface area contributed by atoms with Crippen LogP contribution in [-0.4, -0.2) is 20.0 Å². The lowest BCUT2D eigenvalue weighted by atomic mass is 10.2. The molecule has 6 nitrogen and oxygen atoms in total. The van der Waals surface area contributed by atoms with Gasteiger partial charge in [-0.05, 0) is 19.1 Å². The van der Waals surface area contributed by atoms with Crippen molar-refractivity contribution in [3.63, 3.8) is 0 Å². The first-order chi connectivity index (χ1) is 9.72. The molecule has 0 aliphatic heterocycles. The van der Waals surface area contributed by atoms with Crippen LogP contribution in [0, 0.1) is 6.92 Å². The molecule has 102 valence electrons. The Morgan fingerprint density at radius 1 is 1.20 bits per heavy atom. The summed E-state index contributed by atoms with van der Waals surface area (Å²) in [5.41, 5.74) is 2.83. The second-order valence-electron chi connectivity index (χ2n) is 4.52. The summed E-state index contributed by atoms with van der Waals surface area (Å²) >= 11 is 0. The highest BCUT2D eigenvalue weighted by atomic mass is 16.4. The maximum Gasteiger partial charge on any atom is 0.247 e. The highest BCUT2D eigenvalue weighted by molar-refractivity contribution is 5.52. The van der Waals surface area contributed by atoms with Gasteiger partial charge in [-0.3, -0.25) is 4.68 Å². The Bertz CT molecular complexity index is 701. The quantitative estimate of drug-likeness (QED) is 0.787. The summed E-state index contributed by atoms with van der Waals surface area (Å²) in [4.78, 5) is 0. The van der Waals surface area contributed by atoms with E-state index in [0.717, 1.165) is 16.9 Å². The molecule has 0 radical (unpaired) electrons. The SMILES string of the molecule is Cc1nn(C)cc1NCc1nnc(-c2ccccc2)o1. The Morgan fingerprint density at radius 2 is 2.00 bits per heavy atom. The molecule has 0 spiro atoms. The van der Waals surface area contributed by atoms with Crippen LogP contribution in [-0.2, 0) is 13.6 Å². The van der Waals surface area contributed by atoms with E-state index in [2.05, 4.69) is 20.6 Å². The molecule has 3 aromatic rings. The van der Waals surface area contributed by atoms with Crippen LogP contribution in [0.25, 0.3) is 11.5 Å². The molecule has 0 fully saturated rings. The lowest BCUT2D eigenvalue weighted by Gasteiger charge is -1.99. The van der Waals surface area contributed by atoms with Gasteiger partial charge in [0.2, 0.25) is 11.8 Å². The normalized spacial score (nSPS) is 10.7. The first-order valence-electron chi connectivity index (χ1n) is 6.34. The number of aromatic nitrogens is 4. The molecule has 0 bridgehead atoms. The van der Waals surface area contributed by atoms with Gasteiger partial charge in [0.1, 0.15) is 0 Å². The van der Waals surface area contributed by atoms with Crippen LogP contribution in [0.1, 0.15) is 11.6 Å². The highest BCUT2D eigenvalue weighted by Gasteiger charge is 2.09. The van der Waals surface area contributed by atoms with Gasteiger partial charge in [-0.2, -0.15) is 5.10 Å². The van der Waals surface area contributed by atoms with Gasteiger partial charge in [0, 0.05) is 18.8 Å². The third kappa shape index (κ3) is 2.54. The van der Waals surface area contributed by atoms with Crippen LogP contribution < -0.4 is 5.32 Å². The fourth-order valence-corrected chi connectivity index (χ4v) is 1.97. The number of hydrogen-bond donors (Lipinski definition) is 1. The van der Waals surface area contributed by atoms with Crippen molar-refractivity contribution in [3.05, 3.63) is 48.1 Å². The Kier molecular flexibility index (Phi) is 3.20. The summed E-state index contributed by atoms with van der Waals surface area (Å²) in [6.07, 6.45) is 1.92. The summed E-state index contributed by atoms with van der Waals surface area (Å²) < 4.78 is 7.39. The maximum absolute atomic E-state index is 5.63. The van der Waals surface area contributed by atoms with Gasteiger partial charge < -0.3 is 9.73 Å². The Balaban J connectivity index is 1.70. The largest absolute Gasteiger partial charge is 0.419 e. The van der Waals surface area contributed by atoms with E-state index in [-0.39, 0.29) is 0 Å². The molecule has 3 rings (SSSR count). The lowest BCUT2D eigenvalue weighted by molar-refractivity contribution is 0.515. The summed E-state index contributed by atoms with van der Waals surface area (Å²) in [5.74, 6) is 1.08. The molecular weight excluding hydrogens is 254 g/mol. The molecular formula is C14H15N5O. The van der Waals surface area contributed by atoms with E-state index in [0.29, 0.717) is 18.3 Å². The van der Waals surface area contributed by atoms with Gasteiger partial charge in [-0.15, -0.1) is 10.2 Å². The molecule has 0 amide bonds. The Hall–Kier alpha value is -2.63. The first kappa shape index (κ1) is 12.4. The monoisotopic (exact) mass is 269 g/mol. The molecule has 0 atom stereocenters. The summed E-state index contributed by atoms with van der Waals surface area (Å²) in [7, 11) is 1.89. The van der Waals surface area contributed by atoms with Crippen molar-refractivity contribution in [1.29, 1.82) is 0 Å². The minimum Gasteiger partial charge on any atom is -0.419 e. The zero-order chi connectivity index (χ0) is 13.9. The second-order valence-corrected chi connectivity index (χ2v) is 4.52. The third-order valence-corrected chi connectivity index (χ3v) is 2.93. The van der Waals surface area contributed by atoms with Crippen molar-refractivity contribution in [2.75, 3.05) is 5.32 Å². The predicted octanol–water partition coefficient (Wildman–Crippen LogP) is 2.39. The molecule has 1 aromatic carbocycles. The summed E-state index contributed by atoms with van der Waals surface area (Å²) in [5, 5.41) is 15.6. The molecule has 0 saturated carbocycles. The lowest BCUT2D eigenvalue weighted by Crippen LogP contribution is -1.99. The zero-order valence-corrected chi connectivity index (χ0v) is 11.4. The Labute approximate surface area is 116 Å². The van der Waals surface area contributed by atoms with E-state index in [1.54, 1.807) is 4.68 Å². The Morgan fingerprint density at radius 3 is 2.70 bits per heavy atom. The molecule has 0 unspecified atom stereocenters.